The van der Waals surface area contributed by atoms with E-state index in [0.29, 0.717) is 18.0 Å². The minimum atomic E-state index is 0.504. The molecule has 3 nitrogen and oxygen atoms in total. The molecular formula is C17H28BrN3. The van der Waals surface area contributed by atoms with Crippen LogP contribution in [0.25, 0.3) is 0 Å². The van der Waals surface area contributed by atoms with Gasteiger partial charge in [0.15, 0.2) is 0 Å². The molecule has 0 radical (unpaired) electrons. The van der Waals surface area contributed by atoms with Crippen LogP contribution in [0, 0.1) is 5.92 Å². The predicted molar refractivity (Wildman–Crippen MR) is 95.0 cm³/mol. The van der Waals surface area contributed by atoms with Crippen LogP contribution in [0.4, 0.5) is 5.69 Å². The molecule has 2 rings (SSSR count). The van der Waals surface area contributed by atoms with E-state index >= 15 is 0 Å². The van der Waals surface area contributed by atoms with E-state index in [1.807, 2.05) is 0 Å². The average Bonchev–Trinajstić information content (AvgIpc) is 2.78. The van der Waals surface area contributed by atoms with Crippen molar-refractivity contribution in [3.63, 3.8) is 0 Å². The van der Waals surface area contributed by atoms with Crippen LogP contribution in [0.5, 0.6) is 0 Å². The SMILES string of the molecule is CC(C)NCc1cc(Br)ccc1N1CC(C)C(N(C)C)C1. The standard InChI is InChI=1S/C17H28BrN3/c1-12(2)19-9-14-8-15(18)6-7-16(14)21-10-13(3)17(11-21)20(4)5/h6-8,12-13,17,19H,9-11H2,1-5H3. The Morgan fingerprint density at radius 1 is 1.33 bits per heavy atom. The Labute approximate surface area is 137 Å². The second kappa shape index (κ2) is 7.12. The number of hydrogen-bond donors (Lipinski definition) is 1. The molecule has 0 aromatic heterocycles. The molecule has 1 fully saturated rings. The summed E-state index contributed by atoms with van der Waals surface area (Å²) in [4.78, 5) is 4.90. The maximum Gasteiger partial charge on any atom is 0.0413 e. The number of likely N-dealkylation sites (N-methyl/N-ethyl adjacent to an activating group) is 1. The Morgan fingerprint density at radius 2 is 2.05 bits per heavy atom. The maximum atomic E-state index is 3.60. The van der Waals surface area contributed by atoms with Gasteiger partial charge < -0.3 is 15.1 Å². The van der Waals surface area contributed by atoms with Crippen molar-refractivity contribution in [2.75, 3.05) is 32.1 Å². The van der Waals surface area contributed by atoms with Crippen LogP contribution in [0.3, 0.4) is 0 Å². The molecule has 1 N–H and O–H groups in total. The highest BCUT2D eigenvalue weighted by Crippen LogP contribution is 2.30. The van der Waals surface area contributed by atoms with Gasteiger partial charge in [-0.15, -0.1) is 0 Å². The minimum Gasteiger partial charge on any atom is -0.369 e. The lowest BCUT2D eigenvalue weighted by Gasteiger charge is -2.25. The third-order valence-electron chi connectivity index (χ3n) is 4.32. The second-order valence-corrected chi connectivity index (χ2v) is 7.64. The largest absolute Gasteiger partial charge is 0.369 e. The number of benzene rings is 1. The molecule has 0 saturated carbocycles. The molecule has 0 spiro atoms. The summed E-state index contributed by atoms with van der Waals surface area (Å²) in [6.07, 6.45) is 0. The highest BCUT2D eigenvalue weighted by Gasteiger charge is 2.31. The summed E-state index contributed by atoms with van der Waals surface area (Å²) >= 11 is 3.60. The number of hydrogen-bond acceptors (Lipinski definition) is 3. The van der Waals surface area contributed by atoms with Crippen LogP contribution >= 0.6 is 15.9 Å². The van der Waals surface area contributed by atoms with Gasteiger partial charge in [-0.3, -0.25) is 0 Å². The summed E-state index contributed by atoms with van der Waals surface area (Å²) in [6, 6.07) is 7.80. The fraction of sp³-hybridized carbons (Fsp3) is 0.647. The van der Waals surface area contributed by atoms with Gasteiger partial charge in [-0.25, -0.2) is 0 Å². The molecule has 0 bridgehead atoms. The van der Waals surface area contributed by atoms with Crippen LogP contribution in [-0.2, 0) is 6.54 Å². The monoisotopic (exact) mass is 353 g/mol. The number of anilines is 1. The van der Waals surface area contributed by atoms with Gasteiger partial charge in [-0.05, 0) is 43.8 Å². The number of halogens is 1. The lowest BCUT2D eigenvalue weighted by atomic mass is 10.1. The van der Waals surface area contributed by atoms with Gasteiger partial charge in [0.2, 0.25) is 0 Å². The number of nitrogens with one attached hydrogen (secondary N) is 1. The third-order valence-corrected chi connectivity index (χ3v) is 4.81. The molecule has 1 aliphatic heterocycles. The predicted octanol–water partition coefficient (Wildman–Crippen LogP) is 3.33. The smallest absolute Gasteiger partial charge is 0.0413 e. The quantitative estimate of drug-likeness (QED) is 0.875. The highest BCUT2D eigenvalue weighted by molar-refractivity contribution is 9.10. The molecule has 1 aromatic rings. The van der Waals surface area contributed by atoms with E-state index in [0.717, 1.165) is 24.1 Å². The molecule has 1 saturated heterocycles. The summed E-state index contributed by atoms with van der Waals surface area (Å²) in [6.45, 7) is 9.92. The zero-order valence-corrected chi connectivity index (χ0v) is 15.4. The molecule has 118 valence electrons. The molecule has 1 aromatic carbocycles. The van der Waals surface area contributed by atoms with E-state index < -0.39 is 0 Å². The van der Waals surface area contributed by atoms with Gasteiger partial charge in [-0.1, -0.05) is 36.7 Å². The Kier molecular flexibility index (Phi) is 5.69. The van der Waals surface area contributed by atoms with Crippen molar-refractivity contribution in [1.29, 1.82) is 0 Å². The normalized spacial score (nSPS) is 22.6. The zero-order valence-electron chi connectivity index (χ0n) is 13.9. The van der Waals surface area contributed by atoms with Crippen LogP contribution in [-0.4, -0.2) is 44.2 Å². The average molecular weight is 354 g/mol. The fourth-order valence-corrected chi connectivity index (χ4v) is 3.55. The fourth-order valence-electron chi connectivity index (χ4n) is 3.14. The van der Waals surface area contributed by atoms with Gasteiger partial charge in [-0.2, -0.15) is 0 Å². The molecule has 1 aliphatic rings. The first-order valence-corrected chi connectivity index (χ1v) is 8.61. The van der Waals surface area contributed by atoms with Gasteiger partial charge >= 0.3 is 0 Å². The molecule has 21 heavy (non-hydrogen) atoms. The third kappa shape index (κ3) is 4.21. The van der Waals surface area contributed by atoms with Crippen LogP contribution in [0.2, 0.25) is 0 Å². The molecule has 2 unspecified atom stereocenters. The van der Waals surface area contributed by atoms with Gasteiger partial charge in [0.1, 0.15) is 0 Å². The van der Waals surface area contributed by atoms with E-state index in [2.05, 4.69) is 84.1 Å². The van der Waals surface area contributed by atoms with E-state index in [1.54, 1.807) is 0 Å². The van der Waals surface area contributed by atoms with Crippen molar-refractivity contribution in [3.8, 4) is 0 Å². The first-order valence-electron chi connectivity index (χ1n) is 7.81. The lowest BCUT2D eigenvalue weighted by Crippen LogP contribution is -2.34. The molecule has 0 amide bonds. The van der Waals surface area contributed by atoms with Crippen LogP contribution in [0.1, 0.15) is 26.3 Å². The molecular weight excluding hydrogens is 326 g/mol. The molecule has 4 heteroatoms. The molecule has 1 heterocycles. The van der Waals surface area contributed by atoms with Crippen molar-refractivity contribution in [2.24, 2.45) is 5.92 Å². The highest BCUT2D eigenvalue weighted by atomic mass is 79.9. The second-order valence-electron chi connectivity index (χ2n) is 6.72. The summed E-state index contributed by atoms with van der Waals surface area (Å²) in [5, 5.41) is 3.54. The van der Waals surface area contributed by atoms with Gasteiger partial charge in [0, 0.05) is 41.9 Å². The van der Waals surface area contributed by atoms with E-state index in [1.165, 1.54) is 11.3 Å². The first kappa shape index (κ1) is 16.8. The van der Waals surface area contributed by atoms with E-state index in [4.69, 9.17) is 0 Å². The Morgan fingerprint density at radius 3 is 2.62 bits per heavy atom. The summed E-state index contributed by atoms with van der Waals surface area (Å²) in [5.74, 6) is 0.703. The maximum absolute atomic E-state index is 3.60. The molecule has 0 aliphatic carbocycles. The van der Waals surface area contributed by atoms with Crippen molar-refractivity contribution in [1.82, 2.24) is 10.2 Å². The Hall–Kier alpha value is -0.580. The van der Waals surface area contributed by atoms with Crippen molar-refractivity contribution in [3.05, 3.63) is 28.2 Å². The van der Waals surface area contributed by atoms with E-state index in [-0.39, 0.29) is 0 Å². The van der Waals surface area contributed by atoms with Crippen molar-refractivity contribution >= 4 is 21.6 Å². The zero-order chi connectivity index (χ0) is 15.6. The Bertz CT molecular complexity index is 473. The molecule has 2 atom stereocenters. The summed E-state index contributed by atoms with van der Waals surface area (Å²) < 4.78 is 1.16. The Balaban J connectivity index is 2.19. The van der Waals surface area contributed by atoms with Crippen LogP contribution in [0.15, 0.2) is 22.7 Å². The number of rotatable bonds is 5. The summed E-state index contributed by atoms with van der Waals surface area (Å²) in [5.41, 5.74) is 2.76. The summed E-state index contributed by atoms with van der Waals surface area (Å²) in [7, 11) is 4.38. The van der Waals surface area contributed by atoms with Crippen molar-refractivity contribution in [2.45, 2.75) is 39.4 Å². The van der Waals surface area contributed by atoms with Gasteiger partial charge in [0.25, 0.3) is 0 Å². The van der Waals surface area contributed by atoms with Gasteiger partial charge in [0.05, 0.1) is 0 Å². The van der Waals surface area contributed by atoms with E-state index in [9.17, 15) is 0 Å². The first-order chi connectivity index (χ1) is 9.88. The van der Waals surface area contributed by atoms with Crippen molar-refractivity contribution < 1.29 is 0 Å². The number of nitrogens with zero attached hydrogens (tertiary/aromatic N) is 2. The topological polar surface area (TPSA) is 18.5 Å². The van der Waals surface area contributed by atoms with Crippen LogP contribution < -0.4 is 10.2 Å². The lowest BCUT2D eigenvalue weighted by molar-refractivity contribution is 0.266. The minimum absolute atomic E-state index is 0.504.